The van der Waals surface area contributed by atoms with Crippen molar-refractivity contribution >= 4 is 33.1 Å². The molecule has 0 atom stereocenters. The van der Waals surface area contributed by atoms with Crippen LogP contribution in [0, 0.1) is 11.6 Å². The number of nitrogens with zero attached hydrogens (tertiary/aromatic N) is 1. The van der Waals surface area contributed by atoms with Gasteiger partial charge in [-0.15, -0.1) is 0 Å². The van der Waals surface area contributed by atoms with E-state index >= 15 is 0 Å². The second kappa shape index (κ2) is 8.40. The van der Waals surface area contributed by atoms with Gasteiger partial charge in [-0.1, -0.05) is 35.9 Å². The highest BCUT2D eigenvalue weighted by Gasteiger charge is 2.30. The van der Waals surface area contributed by atoms with Gasteiger partial charge in [0.1, 0.15) is 11.6 Å². The van der Waals surface area contributed by atoms with Gasteiger partial charge in [-0.3, -0.25) is 9.10 Å². The number of hydrogen-bond donors (Lipinski definition) is 0. The molecule has 1 heterocycles. The third-order valence-corrected chi connectivity index (χ3v) is 7.34. The Morgan fingerprint density at radius 2 is 1.81 bits per heavy atom. The largest absolute Gasteiger partial charge is 0.294 e. The first-order chi connectivity index (χ1) is 14.8. The summed E-state index contributed by atoms with van der Waals surface area (Å²) in [6.07, 6.45) is 1.16. The van der Waals surface area contributed by atoms with Crippen molar-refractivity contribution in [1.29, 1.82) is 0 Å². The van der Waals surface area contributed by atoms with E-state index < -0.39 is 27.4 Å². The number of rotatable bonds is 5. The molecule has 0 aromatic heterocycles. The number of sulfonamides is 1. The number of carbonyl (C=O) groups is 1. The molecule has 1 aliphatic heterocycles. The molecule has 0 unspecified atom stereocenters. The maximum absolute atomic E-state index is 14.1. The van der Waals surface area contributed by atoms with E-state index in [0.717, 1.165) is 11.6 Å². The fourth-order valence-electron chi connectivity index (χ4n) is 3.74. The number of fused-ring (bicyclic) bond motifs is 1. The van der Waals surface area contributed by atoms with Gasteiger partial charge in [0.15, 0.2) is 5.78 Å². The third-order valence-electron chi connectivity index (χ3n) is 5.22. The van der Waals surface area contributed by atoms with Crippen molar-refractivity contribution in [3.8, 4) is 0 Å². The zero-order valence-electron chi connectivity index (χ0n) is 16.3. The van der Waals surface area contributed by atoms with E-state index in [0.29, 0.717) is 24.1 Å². The van der Waals surface area contributed by atoms with Gasteiger partial charge < -0.3 is 0 Å². The summed E-state index contributed by atoms with van der Waals surface area (Å²) in [4.78, 5) is 12.5. The summed E-state index contributed by atoms with van der Waals surface area (Å²) in [5.41, 5.74) is 1.60. The summed E-state index contributed by atoms with van der Waals surface area (Å²) in [7, 11) is -3.98. The molecule has 1 aliphatic rings. The van der Waals surface area contributed by atoms with Crippen molar-refractivity contribution in [2.75, 3.05) is 10.8 Å². The molecular formula is C23H18ClF2NO3S. The van der Waals surface area contributed by atoms with Crippen LogP contribution in [0.4, 0.5) is 14.5 Å². The van der Waals surface area contributed by atoms with Gasteiger partial charge in [-0.25, -0.2) is 17.2 Å². The van der Waals surface area contributed by atoms with E-state index in [1.807, 2.05) is 0 Å². The van der Waals surface area contributed by atoms with Crippen LogP contribution in [0.5, 0.6) is 0 Å². The number of benzene rings is 3. The molecule has 0 amide bonds. The van der Waals surface area contributed by atoms with E-state index in [-0.39, 0.29) is 28.4 Å². The maximum atomic E-state index is 14.1. The SMILES string of the molecule is O=C(Cc1ccc2c(c1)N(S(=O)(=O)c1cccc(F)c1)CCC2)c1c(F)cccc1Cl. The molecule has 0 radical (unpaired) electrons. The zero-order valence-corrected chi connectivity index (χ0v) is 17.9. The van der Waals surface area contributed by atoms with Crippen LogP contribution in [0.1, 0.15) is 27.9 Å². The molecular weight excluding hydrogens is 444 g/mol. The Balaban J connectivity index is 1.69. The molecule has 4 rings (SSSR count). The van der Waals surface area contributed by atoms with Crippen molar-refractivity contribution in [1.82, 2.24) is 0 Å². The molecule has 3 aromatic carbocycles. The van der Waals surface area contributed by atoms with Gasteiger partial charge in [-0.05, 0) is 60.4 Å². The highest BCUT2D eigenvalue weighted by molar-refractivity contribution is 7.92. The van der Waals surface area contributed by atoms with Crippen LogP contribution in [0.3, 0.4) is 0 Å². The predicted octanol–water partition coefficient (Wildman–Crippen LogP) is 5.19. The van der Waals surface area contributed by atoms with Crippen LogP contribution >= 0.6 is 11.6 Å². The van der Waals surface area contributed by atoms with Gasteiger partial charge in [0.05, 0.1) is 21.2 Å². The lowest BCUT2D eigenvalue weighted by Gasteiger charge is -2.31. The highest BCUT2D eigenvalue weighted by atomic mass is 35.5. The Kier molecular flexibility index (Phi) is 5.81. The average Bonchev–Trinajstić information content (AvgIpc) is 2.73. The summed E-state index contributed by atoms with van der Waals surface area (Å²) in [6.45, 7) is 0.238. The standard InChI is InChI=1S/C23H18ClF2NO3S/c24-19-7-2-8-20(26)23(19)22(28)13-15-9-10-16-4-3-11-27(21(16)12-15)31(29,30)18-6-1-5-17(25)14-18/h1-2,5-10,12,14H,3-4,11,13H2. The Hall–Kier alpha value is -2.77. The quantitative estimate of drug-likeness (QED) is 0.492. The topological polar surface area (TPSA) is 54.5 Å². The Morgan fingerprint density at radius 3 is 2.55 bits per heavy atom. The first-order valence-electron chi connectivity index (χ1n) is 9.65. The molecule has 0 saturated carbocycles. The molecule has 8 heteroatoms. The van der Waals surface area contributed by atoms with Crippen molar-refractivity contribution < 1.29 is 22.0 Å². The molecule has 0 spiro atoms. The first-order valence-corrected chi connectivity index (χ1v) is 11.5. The van der Waals surface area contributed by atoms with E-state index in [1.54, 1.807) is 18.2 Å². The minimum atomic E-state index is -3.98. The molecule has 0 fully saturated rings. The van der Waals surface area contributed by atoms with Crippen molar-refractivity contribution in [2.24, 2.45) is 0 Å². The van der Waals surface area contributed by atoms with Crippen LogP contribution in [0.25, 0.3) is 0 Å². The Labute approximate surface area is 184 Å². The van der Waals surface area contributed by atoms with Crippen LogP contribution in [0.15, 0.2) is 65.6 Å². The highest BCUT2D eigenvalue weighted by Crippen LogP contribution is 2.33. The van der Waals surface area contributed by atoms with Crippen LogP contribution in [-0.2, 0) is 22.9 Å². The minimum absolute atomic E-state index is 0.0262. The van der Waals surface area contributed by atoms with Crippen molar-refractivity contribution in [3.05, 3.63) is 94.0 Å². The lowest BCUT2D eigenvalue weighted by atomic mass is 9.97. The lowest BCUT2D eigenvalue weighted by molar-refractivity contribution is 0.0989. The normalized spacial score (nSPS) is 13.7. The van der Waals surface area contributed by atoms with Gasteiger partial charge in [-0.2, -0.15) is 0 Å². The molecule has 4 nitrogen and oxygen atoms in total. The van der Waals surface area contributed by atoms with E-state index in [2.05, 4.69) is 0 Å². The molecule has 0 bridgehead atoms. The monoisotopic (exact) mass is 461 g/mol. The predicted molar refractivity (Wildman–Crippen MR) is 115 cm³/mol. The molecule has 0 saturated heterocycles. The Bertz CT molecular complexity index is 1260. The van der Waals surface area contributed by atoms with Crippen LogP contribution in [0.2, 0.25) is 5.02 Å². The number of carbonyl (C=O) groups excluding carboxylic acids is 1. The van der Waals surface area contributed by atoms with Crippen molar-refractivity contribution in [2.45, 2.75) is 24.2 Å². The Morgan fingerprint density at radius 1 is 1.03 bits per heavy atom. The number of hydrogen-bond acceptors (Lipinski definition) is 3. The second-order valence-corrected chi connectivity index (χ2v) is 9.57. The van der Waals surface area contributed by atoms with Crippen molar-refractivity contribution in [3.63, 3.8) is 0 Å². The first kappa shape index (κ1) is 21.5. The molecule has 31 heavy (non-hydrogen) atoms. The fraction of sp³-hybridized carbons (Fsp3) is 0.174. The number of aryl methyl sites for hydroxylation is 1. The van der Waals surface area contributed by atoms with E-state index in [1.165, 1.54) is 40.7 Å². The summed E-state index contributed by atoms with van der Waals surface area (Å²) >= 11 is 5.99. The third kappa shape index (κ3) is 4.20. The molecule has 0 N–H and O–H groups in total. The number of ketones is 1. The summed E-state index contributed by atoms with van der Waals surface area (Å²) in [5.74, 6) is -1.84. The lowest BCUT2D eigenvalue weighted by Crippen LogP contribution is -2.35. The van der Waals surface area contributed by atoms with Gasteiger partial charge >= 0.3 is 0 Å². The summed E-state index contributed by atoms with van der Waals surface area (Å²) in [5, 5.41) is 0.0262. The number of anilines is 1. The number of halogens is 3. The maximum Gasteiger partial charge on any atom is 0.264 e. The van der Waals surface area contributed by atoms with Crippen LogP contribution < -0.4 is 4.31 Å². The molecule has 3 aromatic rings. The molecule has 0 aliphatic carbocycles. The van der Waals surface area contributed by atoms with Gasteiger partial charge in [0.2, 0.25) is 0 Å². The second-order valence-electron chi connectivity index (χ2n) is 7.30. The summed E-state index contributed by atoms with van der Waals surface area (Å²) < 4.78 is 55.3. The van der Waals surface area contributed by atoms with E-state index in [4.69, 9.17) is 11.6 Å². The average molecular weight is 462 g/mol. The minimum Gasteiger partial charge on any atom is -0.294 e. The number of Topliss-reactive ketones (excluding diaryl/α,β-unsaturated/α-hetero) is 1. The smallest absolute Gasteiger partial charge is 0.264 e. The zero-order chi connectivity index (χ0) is 22.2. The van der Waals surface area contributed by atoms with Gasteiger partial charge in [0.25, 0.3) is 10.0 Å². The van der Waals surface area contributed by atoms with Crippen LogP contribution in [-0.4, -0.2) is 20.7 Å². The summed E-state index contributed by atoms with van der Waals surface area (Å²) in [6, 6.07) is 14.0. The fourth-order valence-corrected chi connectivity index (χ4v) is 5.57. The van der Waals surface area contributed by atoms with Gasteiger partial charge in [0, 0.05) is 13.0 Å². The molecule has 160 valence electrons. The van der Waals surface area contributed by atoms with E-state index in [9.17, 15) is 22.0 Å².